The molecule has 2 aliphatic rings. The Morgan fingerprint density at radius 2 is 2.12 bits per heavy atom. The molecule has 0 aliphatic carbocycles. The highest BCUT2D eigenvalue weighted by Crippen LogP contribution is 2.45. The van der Waals surface area contributed by atoms with E-state index in [0.717, 1.165) is 44.7 Å². The van der Waals surface area contributed by atoms with Gasteiger partial charge in [0.05, 0.1) is 5.56 Å². The molecule has 2 saturated heterocycles. The van der Waals surface area contributed by atoms with E-state index in [4.69, 9.17) is 0 Å². The van der Waals surface area contributed by atoms with Crippen LogP contribution in [0.15, 0.2) is 18.3 Å². The first kappa shape index (κ1) is 16.7. The minimum absolute atomic E-state index is 0.0960. The first-order valence-corrected chi connectivity index (χ1v) is 8.56. The number of aliphatic hydroxyl groups is 1. The fourth-order valence-electron chi connectivity index (χ4n) is 4.22. The number of nitriles is 1. The zero-order chi connectivity index (χ0) is 17.2. The normalized spacial score (nSPS) is 23.1. The third-order valence-electron chi connectivity index (χ3n) is 5.82. The molecule has 3 rings (SSSR count). The molecule has 0 radical (unpaired) electrons. The number of aliphatic hydroxyl groups excluding tert-OH is 1. The second kappa shape index (κ2) is 6.78. The number of carbonyl (C=O) groups excluding carboxylic acids is 1. The van der Waals surface area contributed by atoms with E-state index in [-0.39, 0.29) is 23.8 Å². The van der Waals surface area contributed by atoms with Crippen molar-refractivity contribution in [3.8, 4) is 6.07 Å². The number of hydrogen-bond donors (Lipinski definition) is 1. The summed E-state index contributed by atoms with van der Waals surface area (Å²) in [7, 11) is 0. The Bertz CT molecular complexity index is 647. The molecule has 2 fully saturated rings. The average Bonchev–Trinajstić information content (AvgIpc) is 2.62. The van der Waals surface area contributed by atoms with E-state index in [1.54, 1.807) is 25.3 Å². The highest BCUT2D eigenvalue weighted by atomic mass is 16.3. The maximum absolute atomic E-state index is 11.6. The SMILES string of the molecule is CC(=O)N1CCC2(CC1)CCN(c1ncccc1C#N)CC2CO. The zero-order valence-corrected chi connectivity index (χ0v) is 14.1. The van der Waals surface area contributed by atoms with Crippen LogP contribution in [-0.2, 0) is 4.79 Å². The standard InChI is InChI=1S/C18H24N4O2/c1-14(24)21-8-4-18(5-9-21)6-10-22(12-16(18)13-23)17-15(11-19)3-2-7-20-17/h2-3,7,16,23H,4-6,8-10,12-13H2,1H3. The second-order valence-corrected chi connectivity index (χ2v) is 6.93. The van der Waals surface area contributed by atoms with Gasteiger partial charge in [-0.3, -0.25) is 4.79 Å². The largest absolute Gasteiger partial charge is 0.396 e. The molecule has 1 atom stereocenters. The predicted molar refractivity (Wildman–Crippen MR) is 90.3 cm³/mol. The van der Waals surface area contributed by atoms with Crippen LogP contribution in [0.25, 0.3) is 0 Å². The molecule has 1 spiro atoms. The van der Waals surface area contributed by atoms with Gasteiger partial charge in [-0.15, -0.1) is 0 Å². The van der Waals surface area contributed by atoms with Crippen LogP contribution in [0, 0.1) is 22.7 Å². The van der Waals surface area contributed by atoms with Crippen molar-refractivity contribution in [2.75, 3.05) is 37.7 Å². The summed E-state index contributed by atoms with van der Waals surface area (Å²) < 4.78 is 0. The summed E-state index contributed by atoms with van der Waals surface area (Å²) in [6.45, 7) is 4.85. The molecule has 6 nitrogen and oxygen atoms in total. The molecule has 0 aromatic carbocycles. The second-order valence-electron chi connectivity index (χ2n) is 6.93. The highest BCUT2D eigenvalue weighted by molar-refractivity contribution is 5.73. The van der Waals surface area contributed by atoms with Crippen molar-refractivity contribution >= 4 is 11.7 Å². The molecule has 1 aromatic heterocycles. The van der Waals surface area contributed by atoms with Crippen molar-refractivity contribution in [1.82, 2.24) is 9.88 Å². The van der Waals surface area contributed by atoms with Gasteiger partial charge in [-0.25, -0.2) is 4.98 Å². The van der Waals surface area contributed by atoms with E-state index < -0.39 is 0 Å². The number of piperidine rings is 2. The van der Waals surface area contributed by atoms with Crippen LogP contribution >= 0.6 is 0 Å². The summed E-state index contributed by atoms with van der Waals surface area (Å²) in [5.41, 5.74) is 0.676. The van der Waals surface area contributed by atoms with Crippen LogP contribution in [-0.4, -0.2) is 53.7 Å². The van der Waals surface area contributed by atoms with E-state index in [1.807, 2.05) is 4.90 Å². The van der Waals surface area contributed by atoms with Crippen molar-refractivity contribution in [2.45, 2.75) is 26.2 Å². The first-order valence-electron chi connectivity index (χ1n) is 8.56. The van der Waals surface area contributed by atoms with E-state index >= 15 is 0 Å². The first-order chi connectivity index (χ1) is 11.6. The Labute approximate surface area is 142 Å². The maximum atomic E-state index is 11.6. The minimum atomic E-state index is 0.0960. The highest BCUT2D eigenvalue weighted by Gasteiger charge is 2.45. The molecule has 0 saturated carbocycles. The van der Waals surface area contributed by atoms with Gasteiger partial charge in [-0.1, -0.05) is 0 Å². The lowest BCUT2D eigenvalue weighted by Crippen LogP contribution is -2.54. The van der Waals surface area contributed by atoms with Crippen molar-refractivity contribution in [3.05, 3.63) is 23.9 Å². The number of hydrogen-bond acceptors (Lipinski definition) is 5. The van der Waals surface area contributed by atoms with Crippen LogP contribution in [0.2, 0.25) is 0 Å². The molecular weight excluding hydrogens is 304 g/mol. The van der Waals surface area contributed by atoms with Crippen LogP contribution in [0.4, 0.5) is 5.82 Å². The van der Waals surface area contributed by atoms with Crippen LogP contribution in [0.1, 0.15) is 31.7 Å². The fraction of sp³-hybridized carbons (Fsp3) is 0.611. The average molecular weight is 328 g/mol. The molecule has 1 aromatic rings. The fourth-order valence-corrected chi connectivity index (χ4v) is 4.22. The number of nitrogens with zero attached hydrogens (tertiary/aromatic N) is 4. The lowest BCUT2D eigenvalue weighted by atomic mass is 9.64. The number of pyridine rings is 1. The molecule has 3 heterocycles. The molecule has 1 unspecified atom stereocenters. The summed E-state index contributed by atoms with van der Waals surface area (Å²) in [6.07, 6.45) is 4.56. The summed E-state index contributed by atoms with van der Waals surface area (Å²) in [4.78, 5) is 20.0. The smallest absolute Gasteiger partial charge is 0.219 e. The van der Waals surface area contributed by atoms with Crippen molar-refractivity contribution < 1.29 is 9.90 Å². The number of carbonyl (C=O) groups is 1. The van der Waals surface area contributed by atoms with Gasteiger partial charge in [0.2, 0.25) is 5.91 Å². The Kier molecular flexibility index (Phi) is 4.72. The molecule has 128 valence electrons. The Hall–Kier alpha value is -2.13. The number of aromatic nitrogens is 1. The summed E-state index contributed by atoms with van der Waals surface area (Å²) in [5, 5.41) is 19.3. The quantitative estimate of drug-likeness (QED) is 0.887. The zero-order valence-electron chi connectivity index (χ0n) is 14.1. The van der Waals surface area contributed by atoms with Gasteiger partial charge < -0.3 is 14.9 Å². The van der Waals surface area contributed by atoms with E-state index in [1.165, 1.54) is 0 Å². The van der Waals surface area contributed by atoms with Gasteiger partial charge in [-0.05, 0) is 36.8 Å². The van der Waals surface area contributed by atoms with Gasteiger partial charge in [0.25, 0.3) is 0 Å². The Morgan fingerprint density at radius 3 is 2.75 bits per heavy atom. The van der Waals surface area contributed by atoms with E-state index in [9.17, 15) is 15.2 Å². The lowest BCUT2D eigenvalue weighted by Gasteiger charge is -2.51. The van der Waals surface area contributed by atoms with Crippen LogP contribution in [0.5, 0.6) is 0 Å². The monoisotopic (exact) mass is 328 g/mol. The van der Waals surface area contributed by atoms with Gasteiger partial charge in [0, 0.05) is 51.8 Å². The van der Waals surface area contributed by atoms with Gasteiger partial charge >= 0.3 is 0 Å². The van der Waals surface area contributed by atoms with Crippen LogP contribution < -0.4 is 4.90 Å². The van der Waals surface area contributed by atoms with E-state index in [2.05, 4.69) is 16.0 Å². The summed E-state index contributed by atoms with van der Waals surface area (Å²) >= 11 is 0. The molecule has 1 N–H and O–H groups in total. The van der Waals surface area contributed by atoms with Crippen LogP contribution in [0.3, 0.4) is 0 Å². The van der Waals surface area contributed by atoms with Gasteiger partial charge in [-0.2, -0.15) is 5.26 Å². The number of anilines is 1. The third kappa shape index (κ3) is 2.96. The summed E-state index contributed by atoms with van der Waals surface area (Å²) in [5.74, 6) is 0.998. The number of amides is 1. The van der Waals surface area contributed by atoms with Crippen molar-refractivity contribution in [2.24, 2.45) is 11.3 Å². The molecule has 24 heavy (non-hydrogen) atoms. The third-order valence-corrected chi connectivity index (χ3v) is 5.82. The Morgan fingerprint density at radius 1 is 1.42 bits per heavy atom. The Balaban J connectivity index is 1.75. The lowest BCUT2D eigenvalue weighted by molar-refractivity contribution is -0.132. The van der Waals surface area contributed by atoms with Crippen molar-refractivity contribution in [3.63, 3.8) is 0 Å². The molecule has 0 bridgehead atoms. The minimum Gasteiger partial charge on any atom is -0.396 e. The molecule has 1 amide bonds. The predicted octanol–water partition coefficient (Wildman–Crippen LogP) is 1.40. The molecule has 6 heteroatoms. The summed E-state index contributed by atoms with van der Waals surface area (Å²) in [6, 6.07) is 5.76. The topological polar surface area (TPSA) is 80.5 Å². The van der Waals surface area contributed by atoms with Crippen molar-refractivity contribution in [1.29, 1.82) is 5.26 Å². The maximum Gasteiger partial charge on any atom is 0.219 e. The number of likely N-dealkylation sites (tertiary alicyclic amines) is 1. The number of rotatable bonds is 2. The van der Waals surface area contributed by atoms with E-state index in [0.29, 0.717) is 12.1 Å². The van der Waals surface area contributed by atoms with Gasteiger partial charge in [0.1, 0.15) is 11.9 Å². The molecular formula is C18H24N4O2. The van der Waals surface area contributed by atoms with Gasteiger partial charge in [0.15, 0.2) is 0 Å². The molecule has 2 aliphatic heterocycles.